The molecule has 0 bridgehead atoms. The largest absolute Gasteiger partial charge is 0.481 e. The molecule has 4 nitrogen and oxygen atoms in total. The summed E-state index contributed by atoms with van der Waals surface area (Å²) in [5.41, 5.74) is 0.876. The lowest BCUT2D eigenvalue weighted by Crippen LogP contribution is -2.07. The molecule has 0 saturated heterocycles. The number of carbonyl (C=O) groups is 1. The fraction of sp³-hybridized carbons (Fsp3) is 0.273. The molecule has 0 aromatic carbocycles. The average molecular weight is 284 g/mol. The van der Waals surface area contributed by atoms with Gasteiger partial charge in [-0.25, -0.2) is 9.78 Å². The Hall–Kier alpha value is -1.54. The summed E-state index contributed by atoms with van der Waals surface area (Å²) in [5, 5.41) is 0.518. The van der Waals surface area contributed by atoms with E-state index in [0.717, 1.165) is 0 Å². The molecule has 0 amide bonds. The molecule has 1 aromatic rings. The molecule has 0 N–H and O–H groups in total. The molecule has 16 heavy (non-hydrogen) atoms. The molecular weight excluding hydrogens is 274 g/mol. The Morgan fingerprint density at radius 1 is 1.62 bits per heavy atom. The lowest BCUT2D eigenvalue weighted by molar-refractivity contribution is 0.0593. The molecule has 1 aromatic heterocycles. The molecule has 1 rings (SSSR count). The molecule has 5 heteroatoms. The van der Waals surface area contributed by atoms with Gasteiger partial charge < -0.3 is 9.47 Å². The Morgan fingerprint density at radius 2 is 2.38 bits per heavy atom. The van der Waals surface area contributed by atoms with Gasteiger partial charge in [0.2, 0.25) is 0 Å². The number of hydrogen-bond donors (Lipinski definition) is 0. The SMILES string of the molecule is C#CCOc1cc(CBr)nc(C(=O)OC)c1. The standard InChI is InChI=1S/C11H10BrNO3/c1-3-4-16-9-5-8(7-12)13-10(6-9)11(14)15-2/h1,5-6H,4,7H2,2H3. The lowest BCUT2D eigenvalue weighted by atomic mass is 10.3. The van der Waals surface area contributed by atoms with Crippen molar-refractivity contribution >= 4 is 21.9 Å². The Bertz CT molecular complexity index is 426. The second kappa shape index (κ2) is 6.13. The van der Waals surface area contributed by atoms with E-state index in [1.807, 2.05) is 0 Å². The summed E-state index contributed by atoms with van der Waals surface area (Å²) in [4.78, 5) is 15.4. The van der Waals surface area contributed by atoms with Crippen LogP contribution >= 0.6 is 15.9 Å². The highest BCUT2D eigenvalue weighted by molar-refractivity contribution is 9.08. The number of hydrogen-bond acceptors (Lipinski definition) is 4. The van der Waals surface area contributed by atoms with Crippen LogP contribution in [-0.2, 0) is 10.1 Å². The molecule has 0 spiro atoms. The zero-order valence-corrected chi connectivity index (χ0v) is 10.3. The molecule has 0 aliphatic carbocycles. The normalized spacial score (nSPS) is 9.31. The molecule has 0 unspecified atom stereocenters. The number of ether oxygens (including phenoxy) is 2. The minimum Gasteiger partial charge on any atom is -0.481 e. The van der Waals surface area contributed by atoms with Crippen molar-refractivity contribution in [3.8, 4) is 18.1 Å². The summed E-state index contributed by atoms with van der Waals surface area (Å²) >= 11 is 3.25. The first-order valence-electron chi connectivity index (χ1n) is 4.42. The first-order valence-corrected chi connectivity index (χ1v) is 5.55. The molecule has 0 atom stereocenters. The van der Waals surface area contributed by atoms with E-state index in [9.17, 15) is 4.79 Å². The summed E-state index contributed by atoms with van der Waals surface area (Å²) < 4.78 is 9.81. The van der Waals surface area contributed by atoms with Crippen LogP contribution in [0.1, 0.15) is 16.2 Å². The fourth-order valence-electron chi connectivity index (χ4n) is 1.05. The van der Waals surface area contributed by atoms with Crippen molar-refractivity contribution in [1.82, 2.24) is 4.98 Å². The molecule has 0 aliphatic heterocycles. The van der Waals surface area contributed by atoms with Crippen LogP contribution in [-0.4, -0.2) is 24.7 Å². The van der Waals surface area contributed by atoms with Crippen molar-refractivity contribution in [2.75, 3.05) is 13.7 Å². The third-order valence-corrected chi connectivity index (χ3v) is 2.28. The van der Waals surface area contributed by atoms with E-state index in [-0.39, 0.29) is 12.3 Å². The molecule has 0 radical (unpaired) electrons. The molecule has 1 heterocycles. The second-order valence-electron chi connectivity index (χ2n) is 2.80. The fourth-order valence-corrected chi connectivity index (χ4v) is 1.33. The number of halogens is 1. The second-order valence-corrected chi connectivity index (χ2v) is 3.36. The van der Waals surface area contributed by atoms with E-state index in [1.54, 1.807) is 6.07 Å². The molecule has 0 aliphatic rings. The predicted octanol–water partition coefficient (Wildman–Crippen LogP) is 1.78. The van der Waals surface area contributed by atoms with Gasteiger partial charge in [0.1, 0.15) is 12.4 Å². The minimum atomic E-state index is -0.506. The molecule has 84 valence electrons. The van der Waals surface area contributed by atoms with Gasteiger partial charge in [-0.2, -0.15) is 0 Å². The maximum absolute atomic E-state index is 11.3. The van der Waals surface area contributed by atoms with E-state index in [0.29, 0.717) is 16.8 Å². The van der Waals surface area contributed by atoms with Crippen molar-refractivity contribution in [1.29, 1.82) is 0 Å². The number of aromatic nitrogens is 1. The number of pyridine rings is 1. The monoisotopic (exact) mass is 283 g/mol. The Kier molecular flexibility index (Phi) is 4.80. The van der Waals surface area contributed by atoms with E-state index in [1.165, 1.54) is 13.2 Å². The quantitative estimate of drug-likeness (QED) is 0.480. The van der Waals surface area contributed by atoms with Gasteiger partial charge in [0, 0.05) is 17.5 Å². The van der Waals surface area contributed by atoms with Crippen LogP contribution in [0.25, 0.3) is 0 Å². The highest BCUT2D eigenvalue weighted by atomic mass is 79.9. The van der Waals surface area contributed by atoms with Crippen molar-refractivity contribution in [2.24, 2.45) is 0 Å². The summed E-state index contributed by atoms with van der Waals surface area (Å²) in [7, 11) is 1.30. The van der Waals surface area contributed by atoms with Gasteiger partial charge >= 0.3 is 5.97 Å². The Morgan fingerprint density at radius 3 is 2.94 bits per heavy atom. The first kappa shape index (κ1) is 12.5. The van der Waals surface area contributed by atoms with Gasteiger partial charge in [-0.15, -0.1) is 6.42 Å². The zero-order valence-electron chi connectivity index (χ0n) is 8.70. The van der Waals surface area contributed by atoms with Gasteiger partial charge in [0.15, 0.2) is 5.69 Å². The average Bonchev–Trinajstić information content (AvgIpc) is 2.34. The van der Waals surface area contributed by atoms with Crippen LogP contribution in [0.15, 0.2) is 12.1 Å². The Balaban J connectivity index is 3.01. The maximum atomic E-state index is 11.3. The van der Waals surface area contributed by atoms with Crippen LogP contribution in [0.5, 0.6) is 5.75 Å². The minimum absolute atomic E-state index is 0.145. The van der Waals surface area contributed by atoms with Crippen molar-refractivity contribution in [3.05, 3.63) is 23.5 Å². The maximum Gasteiger partial charge on any atom is 0.356 e. The number of esters is 1. The van der Waals surface area contributed by atoms with Crippen molar-refractivity contribution in [3.63, 3.8) is 0 Å². The third kappa shape index (κ3) is 3.24. The number of rotatable bonds is 4. The van der Waals surface area contributed by atoms with Gasteiger partial charge in [0.25, 0.3) is 0 Å². The number of alkyl halides is 1. The van der Waals surface area contributed by atoms with Crippen molar-refractivity contribution in [2.45, 2.75) is 5.33 Å². The van der Waals surface area contributed by atoms with Crippen LogP contribution in [0.3, 0.4) is 0 Å². The van der Waals surface area contributed by atoms with E-state index < -0.39 is 5.97 Å². The summed E-state index contributed by atoms with van der Waals surface area (Å²) in [5.74, 6) is 2.34. The molecular formula is C11H10BrNO3. The molecule has 0 fully saturated rings. The summed E-state index contributed by atoms with van der Waals surface area (Å²) in [6, 6.07) is 3.20. The number of nitrogens with zero attached hydrogens (tertiary/aromatic N) is 1. The summed E-state index contributed by atoms with van der Waals surface area (Å²) in [6.45, 7) is 0.145. The van der Waals surface area contributed by atoms with E-state index in [4.69, 9.17) is 11.2 Å². The topological polar surface area (TPSA) is 48.4 Å². The highest BCUT2D eigenvalue weighted by Gasteiger charge is 2.10. The summed E-state index contributed by atoms with van der Waals surface area (Å²) in [6.07, 6.45) is 5.08. The van der Waals surface area contributed by atoms with Crippen LogP contribution in [0, 0.1) is 12.3 Å². The number of carbonyl (C=O) groups excluding carboxylic acids is 1. The van der Waals surface area contributed by atoms with Crippen LogP contribution in [0.4, 0.5) is 0 Å². The third-order valence-electron chi connectivity index (χ3n) is 1.71. The van der Waals surface area contributed by atoms with Crippen LogP contribution < -0.4 is 4.74 Å². The zero-order chi connectivity index (χ0) is 12.0. The van der Waals surface area contributed by atoms with Gasteiger partial charge in [-0.1, -0.05) is 21.9 Å². The van der Waals surface area contributed by atoms with Gasteiger partial charge in [0.05, 0.1) is 12.8 Å². The van der Waals surface area contributed by atoms with Gasteiger partial charge in [-0.3, -0.25) is 0 Å². The number of methoxy groups -OCH3 is 1. The highest BCUT2D eigenvalue weighted by Crippen LogP contribution is 2.16. The predicted molar refractivity (Wildman–Crippen MR) is 62.5 cm³/mol. The molecule has 0 saturated carbocycles. The van der Waals surface area contributed by atoms with E-state index in [2.05, 4.69) is 31.6 Å². The van der Waals surface area contributed by atoms with E-state index >= 15 is 0 Å². The first-order chi connectivity index (χ1) is 7.71. The van der Waals surface area contributed by atoms with Crippen LogP contribution in [0.2, 0.25) is 0 Å². The lowest BCUT2D eigenvalue weighted by Gasteiger charge is -2.06. The number of terminal acetylenes is 1. The Labute approximate surface area is 102 Å². The smallest absolute Gasteiger partial charge is 0.356 e. The van der Waals surface area contributed by atoms with Gasteiger partial charge in [-0.05, 0) is 0 Å². The van der Waals surface area contributed by atoms with Crippen molar-refractivity contribution < 1.29 is 14.3 Å².